The molecule has 0 radical (unpaired) electrons. The summed E-state index contributed by atoms with van der Waals surface area (Å²) in [4.78, 5) is 0. The molecule has 3 aromatic rings. The topological polar surface area (TPSA) is 0 Å². The van der Waals surface area contributed by atoms with Crippen molar-refractivity contribution in [2.24, 2.45) is 0 Å². The van der Waals surface area contributed by atoms with Crippen molar-refractivity contribution in [1.29, 1.82) is 0 Å². The molecule has 0 bridgehead atoms. The highest BCUT2D eigenvalue weighted by atomic mass is 14.5. The highest BCUT2D eigenvalue weighted by Gasteiger charge is 2.47. The summed E-state index contributed by atoms with van der Waals surface area (Å²) in [6.45, 7) is 8.91. The van der Waals surface area contributed by atoms with Crippen LogP contribution >= 0.6 is 0 Å². The van der Waals surface area contributed by atoms with Crippen LogP contribution in [0.15, 0.2) is 48.5 Å². The van der Waals surface area contributed by atoms with Crippen LogP contribution in [0.2, 0.25) is 0 Å². The monoisotopic (exact) mass is 650 g/mol. The van der Waals surface area contributed by atoms with Gasteiger partial charge >= 0.3 is 0 Å². The molecule has 2 atom stereocenters. The van der Waals surface area contributed by atoms with Gasteiger partial charge in [-0.05, 0) is 131 Å². The number of unbranched alkanes of at least 4 members (excludes halogenated alkanes) is 10. The Morgan fingerprint density at radius 3 is 1.22 bits per heavy atom. The molecule has 3 aromatic carbocycles. The summed E-state index contributed by atoms with van der Waals surface area (Å²) in [7, 11) is 0. The fraction of sp³-hybridized carbons (Fsp3) is 0.400. The smallest absolute Gasteiger partial charge is 0.0834 e. The van der Waals surface area contributed by atoms with Crippen molar-refractivity contribution in [3.8, 4) is 94.3 Å². The van der Waals surface area contributed by atoms with E-state index in [4.69, 9.17) is 12.8 Å². The van der Waals surface area contributed by atoms with E-state index >= 15 is 0 Å². The van der Waals surface area contributed by atoms with E-state index in [1.807, 2.05) is 0 Å². The standard InChI is InChI=1S/C50H50/c1-7-11-15-19-21-25-33-49(31-23-17-13-9-3)45-35-39(5)27-29-41(45)43-38-48-44(37-47(43)49)42-30-28-40(6)36-46(42)50(48,32-24-18-14-10-4)34-26-22-20-16-12-8-2/h3-4,27-30,35-38H,7-8,11-12,15-16,19-22,25-26,33-34H2,1-2,5-6H3. The fourth-order valence-electron chi connectivity index (χ4n) is 8.22. The van der Waals surface area contributed by atoms with Crippen LogP contribution < -0.4 is 0 Å². The van der Waals surface area contributed by atoms with Gasteiger partial charge in [-0.1, -0.05) is 150 Å². The van der Waals surface area contributed by atoms with Gasteiger partial charge in [0.15, 0.2) is 0 Å². The van der Waals surface area contributed by atoms with Crippen LogP contribution in [0.4, 0.5) is 0 Å². The largest absolute Gasteiger partial charge is 0.106 e. The maximum absolute atomic E-state index is 5.51. The van der Waals surface area contributed by atoms with Crippen LogP contribution in [0.25, 0.3) is 22.3 Å². The molecular formula is C50H50. The Morgan fingerprint density at radius 1 is 0.440 bits per heavy atom. The number of terminal acetylenes is 2. The van der Waals surface area contributed by atoms with Crippen molar-refractivity contribution in [2.45, 2.75) is 128 Å². The lowest BCUT2D eigenvalue weighted by Crippen LogP contribution is -2.25. The van der Waals surface area contributed by atoms with Crippen LogP contribution in [-0.4, -0.2) is 0 Å². The molecule has 0 heteroatoms. The number of hydrogen-bond donors (Lipinski definition) is 0. The van der Waals surface area contributed by atoms with Gasteiger partial charge in [0, 0.05) is 0 Å². The van der Waals surface area contributed by atoms with Crippen LogP contribution in [0.1, 0.15) is 137 Å². The Kier molecular flexibility index (Phi) is 12.4. The zero-order valence-electron chi connectivity index (χ0n) is 30.7. The molecule has 250 valence electrons. The summed E-state index contributed by atoms with van der Waals surface area (Å²) < 4.78 is 0. The van der Waals surface area contributed by atoms with E-state index in [2.05, 4.69) is 135 Å². The first-order valence-corrected chi connectivity index (χ1v) is 18.8. The molecule has 0 nitrogen and oxygen atoms in total. The van der Waals surface area contributed by atoms with Crippen molar-refractivity contribution < 1.29 is 0 Å². The van der Waals surface area contributed by atoms with Crippen molar-refractivity contribution in [2.75, 3.05) is 0 Å². The first-order valence-electron chi connectivity index (χ1n) is 18.8. The van der Waals surface area contributed by atoms with Crippen molar-refractivity contribution in [1.82, 2.24) is 0 Å². The van der Waals surface area contributed by atoms with Gasteiger partial charge in [0.2, 0.25) is 0 Å². The number of aryl methyl sites for hydroxylation is 2. The summed E-state index contributed by atoms with van der Waals surface area (Å²) >= 11 is 0. The molecule has 0 heterocycles. The zero-order valence-corrected chi connectivity index (χ0v) is 30.7. The quantitative estimate of drug-likeness (QED) is 0.120. The number of fused-ring (bicyclic) bond motifs is 6. The number of hydrogen-bond acceptors (Lipinski definition) is 0. The maximum atomic E-state index is 5.51. The van der Waals surface area contributed by atoms with E-state index in [1.165, 1.54) is 120 Å². The average Bonchev–Trinajstić information content (AvgIpc) is 3.52. The summed E-state index contributed by atoms with van der Waals surface area (Å²) in [6, 6.07) is 18.7. The molecule has 0 aliphatic heterocycles. The Bertz CT molecular complexity index is 1910. The Hall–Kier alpha value is -4.98. The molecule has 0 saturated carbocycles. The van der Waals surface area contributed by atoms with Crippen molar-refractivity contribution >= 4 is 0 Å². The van der Waals surface area contributed by atoms with Gasteiger partial charge in [0.1, 0.15) is 0 Å². The third-order valence-electron chi connectivity index (χ3n) is 10.7. The molecule has 0 saturated heterocycles. The Morgan fingerprint density at radius 2 is 0.820 bits per heavy atom. The fourth-order valence-corrected chi connectivity index (χ4v) is 8.22. The van der Waals surface area contributed by atoms with Crippen molar-refractivity contribution in [3.63, 3.8) is 0 Å². The third kappa shape index (κ3) is 7.44. The summed E-state index contributed by atoms with van der Waals surface area (Å²) in [5.74, 6) is 30.2. The predicted molar refractivity (Wildman–Crippen MR) is 213 cm³/mol. The predicted octanol–water partition coefficient (Wildman–Crippen LogP) is 11.6. The second-order valence-corrected chi connectivity index (χ2v) is 14.2. The average molecular weight is 651 g/mol. The van der Waals surface area contributed by atoms with Crippen LogP contribution in [0.3, 0.4) is 0 Å². The minimum atomic E-state index is -0.473. The number of benzene rings is 3. The molecule has 2 unspecified atom stereocenters. The highest BCUT2D eigenvalue weighted by Crippen LogP contribution is 2.58. The van der Waals surface area contributed by atoms with E-state index < -0.39 is 10.8 Å². The van der Waals surface area contributed by atoms with E-state index in [1.54, 1.807) is 0 Å². The Balaban J connectivity index is 1.73. The molecule has 50 heavy (non-hydrogen) atoms. The Labute approximate surface area is 303 Å². The van der Waals surface area contributed by atoms with Crippen molar-refractivity contribution in [3.05, 3.63) is 81.9 Å². The lowest BCUT2D eigenvalue weighted by Gasteiger charge is -2.29. The van der Waals surface area contributed by atoms with E-state index in [9.17, 15) is 0 Å². The molecule has 5 rings (SSSR count). The lowest BCUT2D eigenvalue weighted by molar-refractivity contribution is 0.525. The van der Waals surface area contributed by atoms with Crippen LogP contribution in [-0.2, 0) is 10.8 Å². The number of rotatable bonds is 14. The second kappa shape index (κ2) is 17.1. The van der Waals surface area contributed by atoms with Gasteiger partial charge in [-0.2, -0.15) is 0 Å². The van der Waals surface area contributed by atoms with Gasteiger partial charge in [0.25, 0.3) is 0 Å². The van der Waals surface area contributed by atoms with Gasteiger partial charge in [-0.15, -0.1) is 12.8 Å². The van der Waals surface area contributed by atoms with Gasteiger partial charge in [-0.25, -0.2) is 0 Å². The molecule has 0 fully saturated rings. The van der Waals surface area contributed by atoms with E-state index in [0.29, 0.717) is 0 Å². The molecule has 2 aliphatic carbocycles. The third-order valence-corrected chi connectivity index (χ3v) is 10.7. The van der Waals surface area contributed by atoms with Crippen LogP contribution in [0, 0.1) is 85.9 Å². The second-order valence-electron chi connectivity index (χ2n) is 14.2. The molecule has 2 aliphatic rings. The lowest BCUT2D eigenvalue weighted by atomic mass is 9.72. The zero-order chi connectivity index (χ0) is 35.4. The van der Waals surface area contributed by atoms with E-state index in [0.717, 1.165) is 25.7 Å². The minimum absolute atomic E-state index is 0.473. The normalized spacial score (nSPS) is 17.0. The van der Waals surface area contributed by atoms with Gasteiger partial charge in [-0.3, -0.25) is 0 Å². The molecule has 0 N–H and O–H groups in total. The highest BCUT2D eigenvalue weighted by molar-refractivity contribution is 5.92. The first-order chi connectivity index (χ1) is 24.5. The molecular weight excluding hydrogens is 601 g/mol. The summed E-state index contributed by atoms with van der Waals surface area (Å²) in [5, 5.41) is 0. The molecule has 0 spiro atoms. The minimum Gasteiger partial charge on any atom is -0.106 e. The summed E-state index contributed by atoms with van der Waals surface area (Å²) in [5.41, 5.74) is 11.7. The maximum Gasteiger partial charge on any atom is 0.0834 e. The van der Waals surface area contributed by atoms with Crippen LogP contribution in [0.5, 0.6) is 0 Å². The van der Waals surface area contributed by atoms with E-state index in [-0.39, 0.29) is 0 Å². The first kappa shape index (κ1) is 36.3. The molecule has 0 aromatic heterocycles. The molecule has 0 amide bonds. The van der Waals surface area contributed by atoms with Gasteiger partial charge < -0.3 is 0 Å². The van der Waals surface area contributed by atoms with Gasteiger partial charge in [0.05, 0.1) is 10.8 Å². The SMILES string of the molecule is C#CC#CC#CC1(CCCCCCCC)c2cc(C)ccc2-c2cc3c(cc21)-c1ccc(C)cc1C3(C#CC#CC#C)CCCCCCCC. The summed E-state index contributed by atoms with van der Waals surface area (Å²) in [6.07, 6.45) is 27.6.